The molecule has 0 N–H and O–H groups in total. The normalized spacial score (nSPS) is 10.2. The van der Waals surface area contributed by atoms with E-state index >= 15 is 0 Å². The zero-order valence-electron chi connectivity index (χ0n) is 11.8. The van der Waals surface area contributed by atoms with Crippen molar-refractivity contribution in [3.63, 3.8) is 0 Å². The molecule has 0 bridgehead atoms. The molecule has 0 aromatic heterocycles. The number of carbonyl (C=O) groups excluding carboxylic acids is 2. The molecule has 0 aliphatic carbocycles. The van der Waals surface area contributed by atoms with Crippen molar-refractivity contribution in [3.8, 4) is 22.6 Å². The molecule has 24 heavy (non-hydrogen) atoms. The smallest absolute Gasteiger partial charge is 0.335 e. The van der Waals surface area contributed by atoms with E-state index in [1.807, 2.05) is 0 Å². The van der Waals surface area contributed by atoms with Crippen LogP contribution in [0.15, 0.2) is 36.9 Å². The first-order valence-electron chi connectivity index (χ1n) is 6.31. The highest BCUT2D eigenvalue weighted by Gasteiger charge is 2.20. The van der Waals surface area contributed by atoms with Gasteiger partial charge in [0.25, 0.3) is 6.47 Å². The third-order valence-electron chi connectivity index (χ3n) is 2.90. The van der Waals surface area contributed by atoms with Crippen molar-refractivity contribution >= 4 is 12.4 Å². The van der Waals surface area contributed by atoms with Crippen LogP contribution in [0.3, 0.4) is 0 Å². The van der Waals surface area contributed by atoms with Crippen molar-refractivity contribution in [2.45, 2.75) is 0 Å². The monoisotopic (exact) mass is 340 g/mol. The van der Waals surface area contributed by atoms with Gasteiger partial charge in [-0.15, -0.1) is 0 Å². The van der Waals surface area contributed by atoms with Gasteiger partial charge >= 0.3 is 5.97 Å². The summed E-state index contributed by atoms with van der Waals surface area (Å²) in [5.41, 5.74) is -0.831. The topological polar surface area (TPSA) is 52.6 Å². The average Bonchev–Trinajstić information content (AvgIpc) is 2.55. The second-order valence-corrected chi connectivity index (χ2v) is 4.35. The van der Waals surface area contributed by atoms with Crippen LogP contribution in [0.2, 0.25) is 0 Å². The maximum atomic E-state index is 14.0. The van der Waals surface area contributed by atoms with E-state index < -0.39 is 46.3 Å². The largest absolute Gasteiger partial charge is 0.425 e. The second-order valence-electron chi connectivity index (χ2n) is 4.35. The van der Waals surface area contributed by atoms with Crippen LogP contribution >= 0.6 is 0 Å². The van der Waals surface area contributed by atoms with Crippen molar-refractivity contribution in [3.05, 3.63) is 60.2 Å². The second kappa shape index (κ2) is 6.95. The molecule has 8 heteroatoms. The van der Waals surface area contributed by atoms with E-state index in [9.17, 15) is 27.2 Å². The lowest BCUT2D eigenvalue weighted by Crippen LogP contribution is -2.07. The minimum atomic E-state index is -1.50. The Balaban J connectivity index is 2.51. The van der Waals surface area contributed by atoms with E-state index in [-0.39, 0.29) is 12.0 Å². The summed E-state index contributed by atoms with van der Waals surface area (Å²) in [5, 5.41) is 0. The van der Waals surface area contributed by atoms with Gasteiger partial charge in [-0.1, -0.05) is 6.58 Å². The molecule has 0 heterocycles. The van der Waals surface area contributed by atoms with Gasteiger partial charge < -0.3 is 9.47 Å². The third kappa shape index (κ3) is 3.27. The first kappa shape index (κ1) is 17.2. The van der Waals surface area contributed by atoms with Gasteiger partial charge in [-0.2, -0.15) is 4.39 Å². The van der Waals surface area contributed by atoms with Crippen LogP contribution in [0.5, 0.6) is 11.5 Å². The van der Waals surface area contributed by atoms with Gasteiger partial charge in [-0.3, -0.25) is 4.79 Å². The Bertz CT molecular complexity index is 810. The molecule has 0 atom stereocenters. The predicted molar refractivity (Wildman–Crippen MR) is 74.2 cm³/mol. The number of hydrogen-bond acceptors (Lipinski definition) is 4. The molecule has 124 valence electrons. The standard InChI is InChI=1S/C16H8F4O4/c1-2-13(22)24-16-10(17)5-8(6-11(16)18)9-3-4-12(23-7-21)15(20)14(9)19/h2-7H,1H2. The van der Waals surface area contributed by atoms with Gasteiger partial charge in [-0.25, -0.2) is 18.0 Å². The quantitative estimate of drug-likeness (QED) is 0.275. The first-order chi connectivity index (χ1) is 11.4. The highest BCUT2D eigenvalue weighted by Crippen LogP contribution is 2.33. The minimum absolute atomic E-state index is 0.0976. The highest BCUT2D eigenvalue weighted by molar-refractivity contribution is 5.83. The van der Waals surface area contributed by atoms with E-state index in [0.717, 1.165) is 12.1 Å². The van der Waals surface area contributed by atoms with Crippen LogP contribution in [0, 0.1) is 23.3 Å². The number of esters is 1. The number of carbonyl (C=O) groups is 2. The fourth-order valence-electron chi connectivity index (χ4n) is 1.85. The molecule has 2 rings (SSSR count). The van der Waals surface area contributed by atoms with Crippen molar-refractivity contribution in [1.29, 1.82) is 0 Å². The number of halogens is 4. The van der Waals surface area contributed by atoms with Crippen LogP contribution in [-0.2, 0) is 9.59 Å². The first-order valence-corrected chi connectivity index (χ1v) is 6.31. The summed E-state index contributed by atoms with van der Waals surface area (Å²) in [6.07, 6.45) is 0.702. The van der Waals surface area contributed by atoms with Gasteiger partial charge in [0.05, 0.1) is 0 Å². The number of rotatable bonds is 5. The summed E-state index contributed by atoms with van der Waals surface area (Å²) >= 11 is 0. The molecular formula is C16H8F4O4. The molecule has 0 amide bonds. The molecule has 0 saturated heterocycles. The molecule has 0 aliphatic heterocycles. The Labute approximate surface area is 132 Å². The van der Waals surface area contributed by atoms with Gasteiger partial charge in [0.2, 0.25) is 11.6 Å². The highest BCUT2D eigenvalue weighted by atomic mass is 19.2. The summed E-state index contributed by atoms with van der Waals surface area (Å²) in [6, 6.07) is 3.21. The van der Waals surface area contributed by atoms with E-state index in [4.69, 9.17) is 0 Å². The van der Waals surface area contributed by atoms with Crippen LogP contribution in [0.25, 0.3) is 11.1 Å². The molecule has 0 saturated carbocycles. The molecule has 2 aromatic rings. The van der Waals surface area contributed by atoms with Crippen molar-refractivity contribution in [2.24, 2.45) is 0 Å². The van der Waals surface area contributed by atoms with Crippen molar-refractivity contribution < 1.29 is 36.6 Å². The lowest BCUT2D eigenvalue weighted by Gasteiger charge is -2.10. The fourth-order valence-corrected chi connectivity index (χ4v) is 1.85. The molecular weight excluding hydrogens is 332 g/mol. The third-order valence-corrected chi connectivity index (χ3v) is 2.90. The number of hydrogen-bond donors (Lipinski definition) is 0. The Morgan fingerprint density at radius 2 is 1.67 bits per heavy atom. The minimum Gasteiger partial charge on any atom is -0.425 e. The summed E-state index contributed by atoms with van der Waals surface area (Å²) in [6.45, 7) is 2.98. The molecule has 0 aliphatic rings. The Kier molecular flexibility index (Phi) is 4.98. The van der Waals surface area contributed by atoms with Crippen molar-refractivity contribution in [1.82, 2.24) is 0 Å². The molecule has 2 aromatic carbocycles. The summed E-state index contributed by atoms with van der Waals surface area (Å²) < 4.78 is 64.1. The summed E-state index contributed by atoms with van der Waals surface area (Å²) in [7, 11) is 0. The molecule has 0 spiro atoms. The lowest BCUT2D eigenvalue weighted by atomic mass is 10.0. The number of ether oxygens (including phenoxy) is 2. The molecule has 0 fully saturated rings. The van der Waals surface area contributed by atoms with E-state index in [1.165, 1.54) is 0 Å². The van der Waals surface area contributed by atoms with Gasteiger partial charge in [0, 0.05) is 11.6 Å². The van der Waals surface area contributed by atoms with Crippen LogP contribution < -0.4 is 9.47 Å². The molecule has 0 unspecified atom stereocenters. The lowest BCUT2D eigenvalue weighted by molar-refractivity contribution is -0.129. The van der Waals surface area contributed by atoms with Crippen molar-refractivity contribution in [2.75, 3.05) is 0 Å². The van der Waals surface area contributed by atoms with Crippen LogP contribution in [0.4, 0.5) is 17.6 Å². The average molecular weight is 340 g/mol. The summed E-state index contributed by atoms with van der Waals surface area (Å²) in [5.74, 6) is -8.32. The maximum absolute atomic E-state index is 14.0. The fraction of sp³-hybridized carbons (Fsp3) is 0. The Morgan fingerprint density at radius 1 is 1.04 bits per heavy atom. The zero-order valence-corrected chi connectivity index (χ0v) is 11.8. The Morgan fingerprint density at radius 3 is 2.21 bits per heavy atom. The van der Waals surface area contributed by atoms with E-state index in [0.29, 0.717) is 18.2 Å². The SMILES string of the molecule is C=CC(=O)Oc1c(F)cc(-c2ccc(OC=O)c(F)c2F)cc1F. The van der Waals surface area contributed by atoms with E-state index in [1.54, 1.807) is 0 Å². The van der Waals surface area contributed by atoms with E-state index in [2.05, 4.69) is 16.1 Å². The number of benzene rings is 2. The predicted octanol–water partition coefficient (Wildman–Crippen LogP) is 3.54. The zero-order chi connectivity index (χ0) is 17.9. The summed E-state index contributed by atoms with van der Waals surface area (Å²) in [4.78, 5) is 21.2. The maximum Gasteiger partial charge on any atom is 0.335 e. The molecule has 4 nitrogen and oxygen atoms in total. The van der Waals surface area contributed by atoms with Crippen LogP contribution in [-0.4, -0.2) is 12.4 Å². The van der Waals surface area contributed by atoms with Gasteiger partial charge in [0.1, 0.15) is 0 Å². The van der Waals surface area contributed by atoms with Gasteiger partial charge in [0.15, 0.2) is 23.2 Å². The van der Waals surface area contributed by atoms with Crippen LogP contribution in [0.1, 0.15) is 0 Å². The molecule has 0 radical (unpaired) electrons. The van der Waals surface area contributed by atoms with Gasteiger partial charge in [-0.05, 0) is 29.8 Å². The Hall–Kier alpha value is -3.16.